The van der Waals surface area contributed by atoms with Crippen LogP contribution in [0.5, 0.6) is 0 Å². The fraction of sp³-hybridized carbons (Fsp3) is 0.167. The summed E-state index contributed by atoms with van der Waals surface area (Å²) < 4.78 is 29.0. The molecule has 0 heterocycles. The highest BCUT2D eigenvalue weighted by molar-refractivity contribution is 9.10. The summed E-state index contributed by atoms with van der Waals surface area (Å²) in [5.41, 5.74) is 1.36. The zero-order valence-corrected chi connectivity index (χ0v) is 17.1. The van der Waals surface area contributed by atoms with Crippen LogP contribution in [0.25, 0.3) is 11.6 Å². The van der Waals surface area contributed by atoms with Crippen molar-refractivity contribution in [1.82, 2.24) is 0 Å². The lowest BCUT2D eigenvalue weighted by atomic mass is 10.0. The van der Waals surface area contributed by atoms with Gasteiger partial charge in [-0.2, -0.15) is 0 Å². The van der Waals surface area contributed by atoms with E-state index in [0.29, 0.717) is 11.1 Å². The molecule has 0 aliphatic carbocycles. The third kappa shape index (κ3) is 6.46. The molecule has 0 unspecified atom stereocenters. The van der Waals surface area contributed by atoms with Crippen molar-refractivity contribution in [2.45, 2.75) is 4.90 Å². The average molecular weight is 470 g/mol. The molecule has 10 heteroatoms. The van der Waals surface area contributed by atoms with Crippen molar-refractivity contribution in [3.8, 4) is 0 Å². The lowest BCUT2D eigenvalue weighted by Gasteiger charge is -2.09. The second-order valence-corrected chi connectivity index (χ2v) is 8.53. The Hall–Kier alpha value is -2.72. The summed E-state index contributed by atoms with van der Waals surface area (Å²) in [4.78, 5) is 26.9. The van der Waals surface area contributed by atoms with E-state index in [4.69, 9.17) is 4.74 Å². The fourth-order valence-electron chi connectivity index (χ4n) is 2.19. The van der Waals surface area contributed by atoms with Crippen molar-refractivity contribution in [2.75, 3.05) is 19.5 Å². The van der Waals surface area contributed by atoms with E-state index in [1.54, 1.807) is 42.5 Å². The third-order valence-electron chi connectivity index (χ3n) is 3.51. The number of carbonyl (C=O) groups is 1. The summed E-state index contributed by atoms with van der Waals surface area (Å²) in [6.07, 6.45) is 2.65. The van der Waals surface area contributed by atoms with E-state index >= 15 is 0 Å². The van der Waals surface area contributed by atoms with Crippen molar-refractivity contribution in [2.24, 2.45) is 0 Å². The molecule has 0 N–H and O–H groups in total. The minimum atomic E-state index is -3.33. The molecule has 8 nitrogen and oxygen atoms in total. The highest BCUT2D eigenvalue weighted by Crippen LogP contribution is 2.23. The van der Waals surface area contributed by atoms with Gasteiger partial charge in [-0.3, -0.25) is 0 Å². The number of halogens is 1. The van der Waals surface area contributed by atoms with E-state index in [1.807, 2.05) is 0 Å². The van der Waals surface area contributed by atoms with Crippen molar-refractivity contribution in [3.05, 3.63) is 74.2 Å². The second kappa shape index (κ2) is 9.47. The molecule has 0 atom stereocenters. The maximum Gasteiger partial charge on any atom is 0.338 e. The van der Waals surface area contributed by atoms with E-state index in [9.17, 15) is 23.3 Å². The first-order chi connectivity index (χ1) is 13.2. The van der Waals surface area contributed by atoms with Crippen LogP contribution in [0.3, 0.4) is 0 Å². The zero-order valence-electron chi connectivity index (χ0n) is 14.7. The molecule has 2 aromatic rings. The Labute approximate surface area is 169 Å². The Kier molecular flexibility index (Phi) is 7.30. The Morgan fingerprint density at radius 2 is 1.71 bits per heavy atom. The van der Waals surface area contributed by atoms with Crippen molar-refractivity contribution in [1.29, 1.82) is 0 Å². The maximum atomic E-state index is 12.5. The molecule has 0 saturated carbocycles. The van der Waals surface area contributed by atoms with Crippen molar-refractivity contribution in [3.63, 3.8) is 0 Å². The third-order valence-corrected chi connectivity index (χ3v) is 5.16. The molecule has 148 valence electrons. The number of hydrogen-bond donors (Lipinski definition) is 0. The van der Waals surface area contributed by atoms with Crippen LogP contribution in [0.2, 0.25) is 0 Å². The van der Waals surface area contributed by atoms with Gasteiger partial charge in [0.2, 0.25) is 0 Å². The summed E-state index contributed by atoms with van der Waals surface area (Å²) in [5.74, 6) is -0.693. The van der Waals surface area contributed by atoms with E-state index < -0.39 is 20.9 Å². The van der Waals surface area contributed by atoms with Gasteiger partial charge in [0.15, 0.2) is 9.84 Å². The Balaban J connectivity index is 2.29. The number of hydrogen-bond acceptors (Lipinski definition) is 7. The minimum Gasteiger partial charge on any atom is -0.460 e. The van der Waals surface area contributed by atoms with Crippen LogP contribution in [0.4, 0.5) is 0 Å². The molecule has 28 heavy (non-hydrogen) atoms. The van der Waals surface area contributed by atoms with Crippen molar-refractivity contribution < 1.29 is 27.9 Å². The van der Waals surface area contributed by atoms with E-state index in [0.717, 1.165) is 10.7 Å². The summed E-state index contributed by atoms with van der Waals surface area (Å²) in [7, 11) is -3.33. The Bertz CT molecular complexity index is 984. The van der Waals surface area contributed by atoms with E-state index in [1.165, 1.54) is 12.1 Å². The molecular formula is C18H16BrNO7S. The van der Waals surface area contributed by atoms with Gasteiger partial charge in [0.05, 0.1) is 10.5 Å². The molecule has 0 saturated heterocycles. The first kappa shape index (κ1) is 21.6. The number of sulfone groups is 1. The molecule has 0 aliphatic rings. The molecular weight excluding hydrogens is 454 g/mol. The Morgan fingerprint density at radius 1 is 1.11 bits per heavy atom. The monoisotopic (exact) mass is 469 g/mol. The topological polar surface area (TPSA) is 113 Å². The van der Waals surface area contributed by atoms with Gasteiger partial charge in [-0.15, -0.1) is 10.1 Å². The van der Waals surface area contributed by atoms with Crippen LogP contribution < -0.4 is 0 Å². The lowest BCUT2D eigenvalue weighted by molar-refractivity contribution is -0.757. The molecule has 2 rings (SSSR count). The van der Waals surface area contributed by atoms with Gasteiger partial charge in [0.25, 0.3) is 5.09 Å². The predicted octanol–water partition coefficient (Wildman–Crippen LogP) is 3.14. The highest BCUT2D eigenvalue weighted by atomic mass is 79.9. The first-order valence-electron chi connectivity index (χ1n) is 7.89. The van der Waals surface area contributed by atoms with Gasteiger partial charge in [-0.25, -0.2) is 13.2 Å². The van der Waals surface area contributed by atoms with Crippen LogP contribution in [-0.2, 0) is 24.2 Å². The molecule has 0 bridgehead atoms. The fourth-order valence-corrected chi connectivity index (χ4v) is 3.09. The molecule has 0 aromatic heterocycles. The van der Waals surface area contributed by atoms with Crippen molar-refractivity contribution >= 4 is 43.4 Å². The van der Waals surface area contributed by atoms with E-state index in [2.05, 4.69) is 20.8 Å². The summed E-state index contributed by atoms with van der Waals surface area (Å²) in [6, 6.07) is 12.9. The largest absolute Gasteiger partial charge is 0.460 e. The van der Waals surface area contributed by atoms with Gasteiger partial charge in [0.1, 0.15) is 13.2 Å². The number of benzene rings is 2. The predicted molar refractivity (Wildman–Crippen MR) is 105 cm³/mol. The molecule has 0 radical (unpaired) electrons. The molecule has 0 fully saturated rings. The molecule has 2 aromatic carbocycles. The number of rotatable bonds is 8. The molecule has 0 aliphatic heterocycles. The second-order valence-electron chi connectivity index (χ2n) is 5.60. The number of carbonyl (C=O) groups excluding carboxylic acids is 1. The summed E-state index contributed by atoms with van der Waals surface area (Å²) in [5, 5.41) is 9.19. The highest BCUT2D eigenvalue weighted by Gasteiger charge is 2.15. The average Bonchev–Trinajstić information content (AvgIpc) is 2.63. The molecule has 0 spiro atoms. The normalized spacial score (nSPS) is 11.7. The number of nitrogens with zero attached hydrogens (tertiary/aromatic N) is 1. The van der Waals surface area contributed by atoms with Gasteiger partial charge >= 0.3 is 5.97 Å². The zero-order chi connectivity index (χ0) is 20.7. The van der Waals surface area contributed by atoms with Gasteiger partial charge in [-0.05, 0) is 41.5 Å². The van der Waals surface area contributed by atoms with Crippen LogP contribution in [0.1, 0.15) is 11.1 Å². The van der Waals surface area contributed by atoms with E-state index in [-0.39, 0.29) is 23.7 Å². The number of esters is 1. The smallest absolute Gasteiger partial charge is 0.338 e. The summed E-state index contributed by atoms with van der Waals surface area (Å²) in [6.45, 7) is -0.671. The van der Waals surface area contributed by atoms with Crippen LogP contribution >= 0.6 is 15.9 Å². The lowest BCUT2D eigenvalue weighted by Crippen LogP contribution is -2.14. The summed E-state index contributed by atoms with van der Waals surface area (Å²) >= 11 is 3.32. The number of ether oxygens (including phenoxy) is 1. The van der Waals surface area contributed by atoms with Crippen LogP contribution in [0.15, 0.2) is 57.9 Å². The minimum absolute atomic E-state index is 0.161. The first-order valence-corrected chi connectivity index (χ1v) is 10.6. The van der Waals surface area contributed by atoms with Crippen LogP contribution in [-0.4, -0.2) is 38.9 Å². The van der Waals surface area contributed by atoms with Gasteiger partial charge < -0.3 is 9.57 Å². The van der Waals surface area contributed by atoms with Gasteiger partial charge in [-0.1, -0.05) is 40.2 Å². The van der Waals surface area contributed by atoms with Gasteiger partial charge in [0, 0.05) is 10.7 Å². The SMILES string of the molecule is CS(=O)(=O)c1ccc(/C=C(/C(=O)OCCO[N+](=O)[O-])c2ccc(Br)cc2)cc1. The molecule has 0 amide bonds. The maximum absolute atomic E-state index is 12.5. The standard InChI is InChI=1S/C18H16BrNO7S/c1-28(24,25)16-8-2-13(3-9-16)12-17(14-4-6-15(19)7-5-14)18(21)26-10-11-27-20(22)23/h2-9,12H,10-11H2,1H3/b17-12+. The van der Waals surface area contributed by atoms with Crippen LogP contribution in [0, 0.1) is 10.1 Å². The Morgan fingerprint density at radius 3 is 2.25 bits per heavy atom. The quantitative estimate of drug-likeness (QED) is 0.145.